The molecule has 1 atom stereocenters. The molecule has 0 saturated carbocycles. The minimum absolute atomic E-state index is 0.169. The topological polar surface area (TPSA) is 88.3 Å². The molecule has 0 bridgehead atoms. The van der Waals surface area contributed by atoms with Crippen LogP contribution in [0.25, 0.3) is 32.9 Å². The number of ether oxygens (including phenoxy) is 2. The highest BCUT2D eigenvalue weighted by Gasteiger charge is 2.28. The molecule has 6 heteroatoms. The SMILES string of the molecule is Cc1cc2nc(C#N)ccc2c(-c2ccc3c4c(ccnc24)CCO3)c1[C@@H](CO)OC(C)(C)C. The highest BCUT2D eigenvalue weighted by molar-refractivity contribution is 6.07. The fourth-order valence-electron chi connectivity index (χ4n) is 4.91. The number of aromatic nitrogens is 2. The molecule has 0 spiro atoms. The Morgan fingerprint density at radius 3 is 2.76 bits per heavy atom. The van der Waals surface area contributed by atoms with Gasteiger partial charge in [-0.2, -0.15) is 5.26 Å². The number of fused-ring (bicyclic) bond motifs is 1. The Bertz CT molecular complexity index is 1450. The predicted octanol–water partition coefficient (Wildman–Crippen LogP) is 5.41. The Labute approximate surface area is 198 Å². The number of nitrogens with zero attached hydrogens (tertiary/aromatic N) is 3. The third-order valence-corrected chi connectivity index (χ3v) is 6.18. The Morgan fingerprint density at radius 1 is 1.21 bits per heavy atom. The van der Waals surface area contributed by atoms with Gasteiger partial charge in [-0.15, -0.1) is 0 Å². The smallest absolute Gasteiger partial charge is 0.141 e. The van der Waals surface area contributed by atoms with Crippen molar-refractivity contribution in [2.75, 3.05) is 13.2 Å². The number of aliphatic hydroxyl groups excluding tert-OH is 1. The van der Waals surface area contributed by atoms with Gasteiger partial charge in [-0.05, 0) is 86.3 Å². The van der Waals surface area contributed by atoms with Gasteiger partial charge in [-0.25, -0.2) is 4.98 Å². The summed E-state index contributed by atoms with van der Waals surface area (Å²) in [5, 5.41) is 21.7. The van der Waals surface area contributed by atoms with E-state index in [-0.39, 0.29) is 6.61 Å². The molecule has 0 saturated heterocycles. The molecule has 6 nitrogen and oxygen atoms in total. The average Bonchev–Trinajstić information content (AvgIpc) is 2.82. The fraction of sp³-hybridized carbons (Fsp3) is 0.321. The van der Waals surface area contributed by atoms with Crippen molar-refractivity contribution in [2.45, 2.75) is 45.8 Å². The second kappa shape index (κ2) is 8.35. The quantitative estimate of drug-likeness (QED) is 0.444. The van der Waals surface area contributed by atoms with E-state index in [9.17, 15) is 10.4 Å². The van der Waals surface area contributed by atoms with Crippen LogP contribution in [0.1, 0.15) is 49.3 Å². The van der Waals surface area contributed by atoms with Crippen molar-refractivity contribution in [3.05, 3.63) is 65.0 Å². The zero-order chi connectivity index (χ0) is 24.0. The summed E-state index contributed by atoms with van der Waals surface area (Å²) in [5.74, 6) is 0.834. The molecule has 0 radical (unpaired) electrons. The van der Waals surface area contributed by atoms with E-state index in [1.165, 1.54) is 5.56 Å². The van der Waals surface area contributed by atoms with E-state index in [1.54, 1.807) is 6.07 Å². The van der Waals surface area contributed by atoms with Gasteiger partial charge in [0.25, 0.3) is 0 Å². The van der Waals surface area contributed by atoms with E-state index in [0.717, 1.165) is 56.2 Å². The number of aryl methyl sites for hydroxylation is 1. The Morgan fingerprint density at radius 2 is 2.03 bits per heavy atom. The maximum Gasteiger partial charge on any atom is 0.141 e. The first-order chi connectivity index (χ1) is 16.3. The third-order valence-electron chi connectivity index (χ3n) is 6.18. The van der Waals surface area contributed by atoms with Crippen LogP contribution in [0.2, 0.25) is 0 Å². The Hall–Kier alpha value is -3.53. The minimum atomic E-state index is -0.544. The minimum Gasteiger partial charge on any atom is -0.493 e. The van der Waals surface area contributed by atoms with Crippen molar-refractivity contribution in [1.82, 2.24) is 9.97 Å². The molecular weight excluding hydrogens is 426 g/mol. The fourth-order valence-corrected chi connectivity index (χ4v) is 4.91. The van der Waals surface area contributed by atoms with Crippen LogP contribution in [0, 0.1) is 18.3 Å². The molecule has 3 heterocycles. The first-order valence-corrected chi connectivity index (χ1v) is 11.5. The molecule has 0 amide bonds. The van der Waals surface area contributed by atoms with Crippen LogP contribution in [0.4, 0.5) is 0 Å². The Balaban J connectivity index is 1.89. The zero-order valence-corrected chi connectivity index (χ0v) is 19.8. The van der Waals surface area contributed by atoms with Gasteiger partial charge in [-0.3, -0.25) is 4.98 Å². The number of nitriles is 1. The summed E-state index contributed by atoms with van der Waals surface area (Å²) < 4.78 is 12.3. The number of pyridine rings is 2. The normalized spacial score (nSPS) is 14.1. The van der Waals surface area contributed by atoms with Gasteiger partial charge in [0.1, 0.15) is 23.6 Å². The molecule has 2 aromatic carbocycles. The summed E-state index contributed by atoms with van der Waals surface area (Å²) >= 11 is 0. The van der Waals surface area contributed by atoms with Crippen LogP contribution < -0.4 is 4.74 Å². The molecule has 2 aromatic heterocycles. The molecular formula is C28H27N3O3. The number of rotatable bonds is 4. The summed E-state index contributed by atoms with van der Waals surface area (Å²) in [4.78, 5) is 9.35. The van der Waals surface area contributed by atoms with E-state index < -0.39 is 11.7 Å². The molecule has 1 aliphatic heterocycles. The van der Waals surface area contributed by atoms with Gasteiger partial charge in [0, 0.05) is 29.0 Å². The molecule has 0 unspecified atom stereocenters. The summed E-state index contributed by atoms with van der Waals surface area (Å²) in [6, 6.07) is 13.8. The van der Waals surface area contributed by atoms with Crippen LogP contribution in [0.3, 0.4) is 0 Å². The molecule has 1 N–H and O–H groups in total. The van der Waals surface area contributed by atoms with Crippen molar-refractivity contribution in [1.29, 1.82) is 5.26 Å². The second-order valence-electron chi connectivity index (χ2n) is 9.66. The van der Waals surface area contributed by atoms with Gasteiger partial charge >= 0.3 is 0 Å². The average molecular weight is 454 g/mol. The number of hydrogen-bond donors (Lipinski definition) is 1. The van der Waals surface area contributed by atoms with E-state index in [4.69, 9.17) is 14.5 Å². The third kappa shape index (κ3) is 3.77. The van der Waals surface area contributed by atoms with Crippen molar-refractivity contribution in [3.8, 4) is 22.9 Å². The first kappa shape index (κ1) is 22.3. The highest BCUT2D eigenvalue weighted by atomic mass is 16.5. The Kier molecular flexibility index (Phi) is 5.47. The number of aliphatic hydroxyl groups is 1. The lowest BCUT2D eigenvalue weighted by Crippen LogP contribution is -2.25. The lowest BCUT2D eigenvalue weighted by atomic mass is 9.86. The number of benzene rings is 2. The van der Waals surface area contributed by atoms with Gasteiger partial charge in [-0.1, -0.05) is 0 Å². The maximum atomic E-state index is 10.4. The van der Waals surface area contributed by atoms with Crippen LogP contribution in [0.5, 0.6) is 5.75 Å². The van der Waals surface area contributed by atoms with Crippen LogP contribution in [-0.2, 0) is 11.2 Å². The van der Waals surface area contributed by atoms with E-state index >= 15 is 0 Å². The summed E-state index contributed by atoms with van der Waals surface area (Å²) in [6.45, 7) is 8.42. The molecule has 4 aromatic rings. The van der Waals surface area contributed by atoms with Crippen molar-refractivity contribution < 1.29 is 14.6 Å². The van der Waals surface area contributed by atoms with Crippen LogP contribution >= 0.6 is 0 Å². The molecule has 34 heavy (non-hydrogen) atoms. The van der Waals surface area contributed by atoms with E-state index in [2.05, 4.69) is 11.1 Å². The van der Waals surface area contributed by atoms with Crippen molar-refractivity contribution >= 4 is 21.8 Å². The maximum absolute atomic E-state index is 10.4. The predicted molar refractivity (Wildman–Crippen MR) is 132 cm³/mol. The van der Waals surface area contributed by atoms with Gasteiger partial charge in [0.15, 0.2) is 0 Å². The van der Waals surface area contributed by atoms with Crippen LogP contribution in [-0.4, -0.2) is 33.9 Å². The van der Waals surface area contributed by atoms with Gasteiger partial charge in [0.05, 0.1) is 29.8 Å². The lowest BCUT2D eigenvalue weighted by molar-refractivity contribution is -0.0821. The lowest BCUT2D eigenvalue weighted by Gasteiger charge is -2.30. The molecule has 172 valence electrons. The standard InChI is InChI=1S/C28H27N3O3/c1-16-13-21-19(6-5-18(14-29)31-21)26(24(16)23(15-32)34-28(2,3)4)20-7-8-22-25-17(10-12-33-22)9-11-30-27(20)25/h5-9,11,13,23,32H,10,12,15H2,1-4H3/t23-/m1/s1. The molecule has 0 fully saturated rings. The van der Waals surface area contributed by atoms with Crippen molar-refractivity contribution in [2.24, 2.45) is 0 Å². The van der Waals surface area contributed by atoms with Gasteiger partial charge in [0.2, 0.25) is 0 Å². The second-order valence-corrected chi connectivity index (χ2v) is 9.66. The molecule has 5 rings (SSSR count). The summed E-state index contributed by atoms with van der Waals surface area (Å²) in [7, 11) is 0. The number of hydrogen-bond acceptors (Lipinski definition) is 6. The van der Waals surface area contributed by atoms with Gasteiger partial charge < -0.3 is 14.6 Å². The van der Waals surface area contributed by atoms with Crippen molar-refractivity contribution in [3.63, 3.8) is 0 Å². The highest BCUT2D eigenvalue weighted by Crippen LogP contribution is 2.44. The van der Waals surface area contributed by atoms with E-state index in [0.29, 0.717) is 12.3 Å². The van der Waals surface area contributed by atoms with Crippen LogP contribution in [0.15, 0.2) is 42.6 Å². The largest absolute Gasteiger partial charge is 0.493 e. The monoisotopic (exact) mass is 453 g/mol. The molecule has 1 aliphatic rings. The first-order valence-electron chi connectivity index (χ1n) is 11.5. The van der Waals surface area contributed by atoms with E-state index in [1.807, 2.05) is 64.2 Å². The summed E-state index contributed by atoms with van der Waals surface area (Å²) in [6.07, 6.45) is 2.13. The molecule has 0 aliphatic carbocycles. The summed E-state index contributed by atoms with van der Waals surface area (Å²) in [5.41, 5.74) is 6.36. The zero-order valence-electron chi connectivity index (χ0n) is 19.8.